The summed E-state index contributed by atoms with van der Waals surface area (Å²) in [6.45, 7) is 0.298. The van der Waals surface area contributed by atoms with Crippen LogP contribution in [0.3, 0.4) is 0 Å². The highest BCUT2D eigenvalue weighted by Crippen LogP contribution is 2.22. The molecule has 94 valence electrons. The summed E-state index contributed by atoms with van der Waals surface area (Å²) in [6.07, 6.45) is 0. The molecule has 1 N–H and O–H groups in total. The molecule has 0 saturated heterocycles. The molecule has 2 nitrogen and oxygen atoms in total. The molecule has 0 unspecified atom stereocenters. The van der Waals surface area contributed by atoms with Crippen LogP contribution in [0.5, 0.6) is 5.75 Å². The normalized spacial score (nSPS) is 10.4. The fourth-order valence-corrected chi connectivity index (χ4v) is 1.89. The topological polar surface area (TPSA) is 29.5 Å². The van der Waals surface area contributed by atoms with Gasteiger partial charge in [0.1, 0.15) is 18.2 Å². The lowest BCUT2D eigenvalue weighted by molar-refractivity contribution is 0.280. The summed E-state index contributed by atoms with van der Waals surface area (Å²) in [7, 11) is 0. The summed E-state index contributed by atoms with van der Waals surface area (Å²) in [5, 5.41) is 8.91. The average Bonchev–Trinajstić information content (AvgIpc) is 2.41. The van der Waals surface area contributed by atoms with E-state index in [1.54, 1.807) is 36.4 Å². The van der Waals surface area contributed by atoms with Gasteiger partial charge in [-0.25, -0.2) is 4.39 Å². The third-order valence-electron chi connectivity index (χ3n) is 2.53. The Morgan fingerprint density at radius 1 is 1.11 bits per heavy atom. The summed E-state index contributed by atoms with van der Waals surface area (Å²) < 4.78 is 19.3. The monoisotopic (exact) mass is 310 g/mol. The van der Waals surface area contributed by atoms with Crippen molar-refractivity contribution in [1.29, 1.82) is 0 Å². The Kier molecular flexibility index (Phi) is 4.33. The molecular weight excluding hydrogens is 299 g/mol. The minimum absolute atomic E-state index is 0.00965. The van der Waals surface area contributed by atoms with Gasteiger partial charge in [0.05, 0.1) is 11.1 Å². The lowest BCUT2D eigenvalue weighted by atomic mass is 10.2. The van der Waals surface area contributed by atoms with Crippen LogP contribution in [-0.2, 0) is 13.2 Å². The molecule has 0 heterocycles. The first-order chi connectivity index (χ1) is 8.70. The van der Waals surface area contributed by atoms with Gasteiger partial charge in [-0.05, 0) is 39.7 Å². The van der Waals surface area contributed by atoms with Crippen LogP contribution in [-0.4, -0.2) is 5.11 Å². The molecule has 0 aromatic heterocycles. The van der Waals surface area contributed by atoms with Crippen molar-refractivity contribution in [3.8, 4) is 5.75 Å². The zero-order valence-corrected chi connectivity index (χ0v) is 11.2. The molecule has 0 aliphatic rings. The summed E-state index contributed by atoms with van der Waals surface area (Å²) in [5.74, 6) is 0.384. The van der Waals surface area contributed by atoms with Gasteiger partial charge in [-0.3, -0.25) is 0 Å². The van der Waals surface area contributed by atoms with Gasteiger partial charge in [-0.15, -0.1) is 0 Å². The standard InChI is InChI=1S/C14H12BrFO2/c15-14-11(2-1-3-13(14)16)9-18-12-6-4-10(8-17)5-7-12/h1-7,17H,8-9H2. The van der Waals surface area contributed by atoms with Crippen molar-refractivity contribution in [3.05, 3.63) is 63.9 Å². The van der Waals surface area contributed by atoms with E-state index < -0.39 is 0 Å². The molecule has 2 aromatic rings. The number of ether oxygens (including phenoxy) is 1. The molecule has 0 aliphatic heterocycles. The predicted molar refractivity (Wildman–Crippen MR) is 70.8 cm³/mol. The minimum Gasteiger partial charge on any atom is -0.489 e. The van der Waals surface area contributed by atoms with Crippen molar-refractivity contribution in [2.75, 3.05) is 0 Å². The third-order valence-corrected chi connectivity index (χ3v) is 3.42. The smallest absolute Gasteiger partial charge is 0.137 e. The van der Waals surface area contributed by atoms with Gasteiger partial charge in [-0.1, -0.05) is 24.3 Å². The van der Waals surface area contributed by atoms with Crippen LogP contribution in [0.4, 0.5) is 4.39 Å². The third kappa shape index (κ3) is 3.09. The van der Waals surface area contributed by atoms with Crippen molar-refractivity contribution in [2.45, 2.75) is 13.2 Å². The number of rotatable bonds is 4. The van der Waals surface area contributed by atoms with E-state index >= 15 is 0 Å². The maximum absolute atomic E-state index is 13.3. The summed E-state index contributed by atoms with van der Waals surface area (Å²) in [4.78, 5) is 0. The number of hydrogen-bond donors (Lipinski definition) is 1. The Morgan fingerprint density at radius 3 is 2.50 bits per heavy atom. The number of hydrogen-bond acceptors (Lipinski definition) is 2. The second-order valence-electron chi connectivity index (χ2n) is 3.80. The highest BCUT2D eigenvalue weighted by atomic mass is 79.9. The van der Waals surface area contributed by atoms with E-state index in [1.807, 2.05) is 0 Å². The van der Waals surface area contributed by atoms with Gasteiger partial charge < -0.3 is 9.84 Å². The van der Waals surface area contributed by atoms with Crippen LogP contribution in [0.1, 0.15) is 11.1 Å². The molecule has 0 fully saturated rings. The number of benzene rings is 2. The Bertz CT molecular complexity index is 526. The minimum atomic E-state index is -0.299. The zero-order valence-electron chi connectivity index (χ0n) is 9.57. The molecule has 0 bridgehead atoms. The van der Waals surface area contributed by atoms with E-state index in [0.29, 0.717) is 10.2 Å². The maximum Gasteiger partial charge on any atom is 0.137 e. The molecule has 0 saturated carbocycles. The summed E-state index contributed by atoms with van der Waals surface area (Å²) in [5.41, 5.74) is 1.58. The van der Waals surface area contributed by atoms with Gasteiger partial charge in [0.2, 0.25) is 0 Å². The lowest BCUT2D eigenvalue weighted by Crippen LogP contribution is -1.97. The molecule has 0 radical (unpaired) electrons. The number of aliphatic hydroxyl groups excluding tert-OH is 1. The van der Waals surface area contributed by atoms with Crippen LogP contribution in [0.25, 0.3) is 0 Å². The summed E-state index contributed by atoms with van der Waals surface area (Å²) in [6, 6.07) is 12.0. The first-order valence-corrected chi connectivity index (χ1v) is 6.25. The fourth-order valence-electron chi connectivity index (χ4n) is 1.51. The predicted octanol–water partition coefficient (Wildman–Crippen LogP) is 3.66. The Morgan fingerprint density at radius 2 is 1.83 bits per heavy atom. The van der Waals surface area contributed by atoms with Crippen LogP contribution in [0.2, 0.25) is 0 Å². The van der Waals surface area contributed by atoms with E-state index in [1.165, 1.54) is 6.07 Å². The van der Waals surface area contributed by atoms with Crippen molar-refractivity contribution in [1.82, 2.24) is 0 Å². The largest absolute Gasteiger partial charge is 0.489 e. The van der Waals surface area contributed by atoms with E-state index in [2.05, 4.69) is 15.9 Å². The molecule has 4 heteroatoms. The van der Waals surface area contributed by atoms with Gasteiger partial charge in [0.15, 0.2) is 0 Å². The summed E-state index contributed by atoms with van der Waals surface area (Å²) >= 11 is 3.19. The number of aliphatic hydroxyl groups is 1. The Hall–Kier alpha value is -1.39. The van der Waals surface area contributed by atoms with Crippen LogP contribution in [0, 0.1) is 5.82 Å². The van der Waals surface area contributed by atoms with Crippen LogP contribution < -0.4 is 4.74 Å². The van der Waals surface area contributed by atoms with E-state index in [-0.39, 0.29) is 19.0 Å². The van der Waals surface area contributed by atoms with Gasteiger partial charge in [0, 0.05) is 5.56 Å². The maximum atomic E-state index is 13.3. The first kappa shape index (κ1) is 13.1. The highest BCUT2D eigenvalue weighted by Gasteiger charge is 2.05. The number of halogens is 2. The Labute approximate surface area is 113 Å². The van der Waals surface area contributed by atoms with Crippen molar-refractivity contribution >= 4 is 15.9 Å². The Balaban J connectivity index is 2.04. The van der Waals surface area contributed by atoms with Crippen LogP contribution in [0.15, 0.2) is 46.9 Å². The second kappa shape index (κ2) is 5.98. The van der Waals surface area contributed by atoms with Gasteiger partial charge >= 0.3 is 0 Å². The first-order valence-electron chi connectivity index (χ1n) is 5.46. The van der Waals surface area contributed by atoms with Crippen molar-refractivity contribution < 1.29 is 14.2 Å². The molecule has 2 aromatic carbocycles. The molecule has 0 spiro atoms. The molecule has 0 atom stereocenters. The molecule has 18 heavy (non-hydrogen) atoms. The van der Waals surface area contributed by atoms with E-state index in [9.17, 15) is 4.39 Å². The second-order valence-corrected chi connectivity index (χ2v) is 4.60. The van der Waals surface area contributed by atoms with Gasteiger partial charge in [0.25, 0.3) is 0 Å². The molecule has 0 amide bonds. The van der Waals surface area contributed by atoms with Crippen molar-refractivity contribution in [2.24, 2.45) is 0 Å². The SMILES string of the molecule is OCc1ccc(OCc2cccc(F)c2Br)cc1. The highest BCUT2D eigenvalue weighted by molar-refractivity contribution is 9.10. The molecule has 0 aliphatic carbocycles. The van der Waals surface area contributed by atoms with Crippen molar-refractivity contribution in [3.63, 3.8) is 0 Å². The molecular formula is C14H12BrFO2. The van der Waals surface area contributed by atoms with Gasteiger partial charge in [-0.2, -0.15) is 0 Å². The van der Waals surface area contributed by atoms with E-state index in [0.717, 1.165) is 11.1 Å². The average molecular weight is 311 g/mol. The quantitative estimate of drug-likeness (QED) is 0.934. The lowest BCUT2D eigenvalue weighted by Gasteiger charge is -2.08. The zero-order chi connectivity index (χ0) is 13.0. The molecule has 2 rings (SSSR count). The fraction of sp³-hybridized carbons (Fsp3) is 0.143. The van der Waals surface area contributed by atoms with E-state index in [4.69, 9.17) is 9.84 Å². The van der Waals surface area contributed by atoms with Crippen LogP contribution >= 0.6 is 15.9 Å².